The van der Waals surface area contributed by atoms with Gasteiger partial charge in [-0.1, -0.05) is 30.3 Å². The molecule has 0 bridgehead atoms. The summed E-state index contributed by atoms with van der Waals surface area (Å²) in [6.45, 7) is 2.93. The summed E-state index contributed by atoms with van der Waals surface area (Å²) in [4.78, 5) is 40.1. The van der Waals surface area contributed by atoms with E-state index < -0.39 is 5.97 Å². The first-order valence-electron chi connectivity index (χ1n) is 11.1. The Hall–Kier alpha value is -4.66. The van der Waals surface area contributed by atoms with E-state index in [0.717, 1.165) is 28.1 Å². The molecule has 9 nitrogen and oxygen atoms in total. The summed E-state index contributed by atoms with van der Waals surface area (Å²) in [5.74, 6) is -1.03. The number of nitrogens with zero attached hydrogens (tertiary/aromatic N) is 5. The molecule has 1 aliphatic heterocycles. The van der Waals surface area contributed by atoms with Crippen LogP contribution in [-0.4, -0.2) is 44.5 Å². The van der Waals surface area contributed by atoms with E-state index in [-0.39, 0.29) is 17.3 Å². The summed E-state index contributed by atoms with van der Waals surface area (Å²) >= 11 is 0. The fourth-order valence-electron chi connectivity index (χ4n) is 4.40. The van der Waals surface area contributed by atoms with Gasteiger partial charge in [0.2, 0.25) is 0 Å². The quantitative estimate of drug-likeness (QED) is 0.481. The van der Waals surface area contributed by atoms with Crippen LogP contribution in [0.15, 0.2) is 77.9 Å². The highest BCUT2D eigenvalue weighted by atomic mass is 16.4. The van der Waals surface area contributed by atoms with E-state index in [1.165, 1.54) is 27.7 Å². The normalized spacial score (nSPS) is 13.5. The van der Waals surface area contributed by atoms with Crippen LogP contribution in [0.1, 0.15) is 15.9 Å². The second kappa shape index (κ2) is 8.60. The predicted octanol–water partition coefficient (Wildman–Crippen LogP) is 3.69. The standard InChI is InChI=1S/C26H23N5O4/c1-17-22(18-9-11-20(12-10-18)31-16-27-28(2)25(31)34)7-4-8-23(17)30-14-13-29(26(30)35)21-6-3-5-19(15-21)24(32)33/h3-12,15-16H,13-14H2,1-2H3,(H,32,33). The van der Waals surface area contributed by atoms with E-state index in [1.807, 2.05) is 49.4 Å². The van der Waals surface area contributed by atoms with Gasteiger partial charge in [0, 0.05) is 31.5 Å². The zero-order chi connectivity index (χ0) is 24.7. The number of anilines is 2. The Kier molecular flexibility index (Phi) is 5.44. The number of carboxylic acid groups (broad SMARTS) is 1. The fourth-order valence-corrected chi connectivity index (χ4v) is 4.40. The third-order valence-corrected chi connectivity index (χ3v) is 6.29. The summed E-state index contributed by atoms with van der Waals surface area (Å²) in [5, 5.41) is 13.3. The molecular weight excluding hydrogens is 446 g/mol. The van der Waals surface area contributed by atoms with Crippen LogP contribution in [-0.2, 0) is 7.05 Å². The highest BCUT2D eigenvalue weighted by Crippen LogP contribution is 2.34. The smallest absolute Gasteiger partial charge is 0.350 e. The monoisotopic (exact) mass is 469 g/mol. The van der Waals surface area contributed by atoms with Crippen LogP contribution in [0, 0.1) is 6.92 Å². The minimum atomic E-state index is -1.03. The SMILES string of the molecule is Cc1c(-c2ccc(-n3cnn(C)c3=O)cc2)cccc1N1CCN(c2cccc(C(=O)O)c2)C1=O. The molecule has 176 valence electrons. The zero-order valence-electron chi connectivity index (χ0n) is 19.3. The van der Waals surface area contributed by atoms with E-state index in [9.17, 15) is 19.5 Å². The van der Waals surface area contributed by atoms with Gasteiger partial charge in [0.05, 0.1) is 11.3 Å². The van der Waals surface area contributed by atoms with Crippen molar-refractivity contribution in [2.24, 2.45) is 7.05 Å². The number of hydrogen-bond acceptors (Lipinski definition) is 4. The van der Waals surface area contributed by atoms with Crippen LogP contribution in [0.5, 0.6) is 0 Å². The van der Waals surface area contributed by atoms with E-state index >= 15 is 0 Å². The van der Waals surface area contributed by atoms with E-state index in [4.69, 9.17) is 0 Å². The number of aryl methyl sites for hydroxylation is 1. The number of carbonyl (C=O) groups is 2. The van der Waals surface area contributed by atoms with Gasteiger partial charge in [0.1, 0.15) is 6.33 Å². The first-order valence-corrected chi connectivity index (χ1v) is 11.1. The van der Waals surface area contributed by atoms with Crippen molar-refractivity contribution in [3.8, 4) is 16.8 Å². The van der Waals surface area contributed by atoms with Crippen molar-refractivity contribution in [1.82, 2.24) is 14.3 Å². The molecule has 1 aromatic heterocycles. The lowest BCUT2D eigenvalue weighted by Crippen LogP contribution is -2.32. The van der Waals surface area contributed by atoms with Gasteiger partial charge in [-0.05, 0) is 60.0 Å². The highest BCUT2D eigenvalue weighted by Gasteiger charge is 2.32. The summed E-state index contributed by atoms with van der Waals surface area (Å²) in [6, 6.07) is 19.7. The third-order valence-electron chi connectivity index (χ3n) is 6.29. The summed E-state index contributed by atoms with van der Waals surface area (Å²) in [7, 11) is 1.60. The van der Waals surface area contributed by atoms with Crippen LogP contribution in [0.4, 0.5) is 16.2 Å². The molecule has 2 heterocycles. The van der Waals surface area contributed by atoms with Crippen molar-refractivity contribution in [1.29, 1.82) is 0 Å². The van der Waals surface area contributed by atoms with E-state index in [0.29, 0.717) is 18.8 Å². The van der Waals surface area contributed by atoms with Gasteiger partial charge in [-0.15, -0.1) is 0 Å². The van der Waals surface area contributed by atoms with Gasteiger partial charge in [0.15, 0.2) is 0 Å². The molecule has 3 aromatic carbocycles. The van der Waals surface area contributed by atoms with Crippen LogP contribution < -0.4 is 15.5 Å². The molecular formula is C26H23N5O4. The van der Waals surface area contributed by atoms with Gasteiger partial charge >= 0.3 is 17.7 Å². The Labute approximate surface area is 201 Å². The van der Waals surface area contributed by atoms with Crippen LogP contribution in [0.3, 0.4) is 0 Å². The number of aromatic nitrogens is 3. The number of rotatable bonds is 5. The average molecular weight is 470 g/mol. The largest absolute Gasteiger partial charge is 0.478 e. The Morgan fingerprint density at radius 3 is 2.31 bits per heavy atom. The van der Waals surface area contributed by atoms with Gasteiger partial charge in [-0.2, -0.15) is 5.10 Å². The molecule has 4 aromatic rings. The van der Waals surface area contributed by atoms with Gasteiger partial charge in [0.25, 0.3) is 0 Å². The highest BCUT2D eigenvalue weighted by molar-refractivity contribution is 6.07. The molecule has 1 fully saturated rings. The van der Waals surface area contributed by atoms with Crippen molar-refractivity contribution in [2.45, 2.75) is 6.92 Å². The van der Waals surface area contributed by atoms with E-state index in [1.54, 1.807) is 29.0 Å². The molecule has 0 radical (unpaired) electrons. The molecule has 0 unspecified atom stereocenters. The molecule has 0 saturated carbocycles. The maximum atomic E-state index is 13.3. The van der Waals surface area contributed by atoms with Crippen LogP contribution >= 0.6 is 0 Å². The zero-order valence-corrected chi connectivity index (χ0v) is 19.3. The molecule has 0 spiro atoms. The van der Waals surface area contributed by atoms with Gasteiger partial charge in [-0.3, -0.25) is 9.80 Å². The summed E-state index contributed by atoms with van der Waals surface area (Å²) < 4.78 is 2.75. The Morgan fingerprint density at radius 2 is 1.63 bits per heavy atom. The average Bonchev–Trinajstić information content (AvgIpc) is 3.41. The van der Waals surface area contributed by atoms with Gasteiger partial charge in [-0.25, -0.2) is 23.6 Å². The number of urea groups is 1. The van der Waals surface area contributed by atoms with Crippen molar-refractivity contribution in [3.05, 3.63) is 94.7 Å². The second-order valence-corrected chi connectivity index (χ2v) is 8.35. The Balaban J connectivity index is 1.43. The number of carbonyl (C=O) groups excluding carboxylic acids is 1. The minimum Gasteiger partial charge on any atom is -0.478 e. The van der Waals surface area contributed by atoms with Crippen molar-refractivity contribution >= 4 is 23.4 Å². The maximum absolute atomic E-state index is 13.3. The lowest BCUT2D eigenvalue weighted by Gasteiger charge is -2.22. The number of hydrogen-bond donors (Lipinski definition) is 1. The fraction of sp³-hybridized carbons (Fsp3) is 0.154. The lowest BCUT2D eigenvalue weighted by atomic mass is 9.98. The number of carboxylic acids is 1. The Morgan fingerprint density at radius 1 is 0.914 bits per heavy atom. The number of aromatic carboxylic acids is 1. The van der Waals surface area contributed by atoms with Crippen LogP contribution in [0.25, 0.3) is 16.8 Å². The van der Waals surface area contributed by atoms with Crippen molar-refractivity contribution in [2.75, 3.05) is 22.9 Å². The maximum Gasteiger partial charge on any atom is 0.350 e. The second-order valence-electron chi connectivity index (χ2n) is 8.35. The van der Waals surface area contributed by atoms with Crippen molar-refractivity contribution in [3.63, 3.8) is 0 Å². The molecule has 5 rings (SSSR count). The molecule has 1 N–H and O–H groups in total. The summed E-state index contributed by atoms with van der Waals surface area (Å²) in [5.41, 5.74) is 4.90. The molecule has 2 amide bonds. The molecule has 0 aliphatic carbocycles. The number of amides is 2. The summed E-state index contributed by atoms with van der Waals surface area (Å²) in [6.07, 6.45) is 1.49. The molecule has 1 saturated heterocycles. The van der Waals surface area contributed by atoms with Crippen LogP contribution in [0.2, 0.25) is 0 Å². The predicted molar refractivity (Wildman–Crippen MR) is 132 cm³/mol. The minimum absolute atomic E-state index is 0.143. The Bertz CT molecular complexity index is 1500. The first-order chi connectivity index (χ1) is 16.8. The van der Waals surface area contributed by atoms with E-state index in [2.05, 4.69) is 5.10 Å². The molecule has 1 aliphatic rings. The first kappa shape index (κ1) is 22.1. The molecule has 9 heteroatoms. The lowest BCUT2D eigenvalue weighted by molar-refractivity contribution is 0.0697. The molecule has 0 atom stereocenters. The van der Waals surface area contributed by atoms with Crippen molar-refractivity contribution < 1.29 is 14.7 Å². The molecule has 35 heavy (non-hydrogen) atoms. The topological polar surface area (TPSA) is 101 Å². The third kappa shape index (κ3) is 3.86. The number of benzene rings is 3. The van der Waals surface area contributed by atoms with Gasteiger partial charge < -0.3 is 5.11 Å².